The summed E-state index contributed by atoms with van der Waals surface area (Å²) in [4.78, 5) is 10.2. The zero-order valence-electron chi connectivity index (χ0n) is 7.87. The van der Waals surface area contributed by atoms with E-state index < -0.39 is 17.6 Å². The van der Waals surface area contributed by atoms with Gasteiger partial charge in [-0.15, -0.1) is 11.8 Å². The van der Waals surface area contributed by atoms with Gasteiger partial charge in [-0.05, 0) is 35.9 Å². The molecule has 0 saturated heterocycles. The first kappa shape index (κ1) is 12.0. The van der Waals surface area contributed by atoms with Gasteiger partial charge in [0, 0.05) is 0 Å². The molecule has 5 heteroatoms. The van der Waals surface area contributed by atoms with E-state index >= 15 is 0 Å². The number of halogens is 2. The van der Waals surface area contributed by atoms with Crippen molar-refractivity contribution in [2.45, 2.75) is 6.42 Å². The van der Waals surface area contributed by atoms with Crippen LogP contribution in [-0.4, -0.2) is 22.6 Å². The fourth-order valence-electron chi connectivity index (χ4n) is 1.08. The van der Waals surface area contributed by atoms with E-state index in [1.54, 1.807) is 0 Å². The molecule has 0 aliphatic carbocycles. The number of aryl methyl sites for hydroxylation is 1. The molecule has 1 aromatic rings. The molecule has 0 aromatic heterocycles. The van der Waals surface area contributed by atoms with Gasteiger partial charge in [-0.3, -0.25) is 4.79 Å². The summed E-state index contributed by atoms with van der Waals surface area (Å²) in [6, 6.07) is 3.27. The Bertz CT molecular complexity index is 355. The van der Waals surface area contributed by atoms with Gasteiger partial charge in [0.15, 0.2) is 0 Å². The lowest BCUT2D eigenvalue weighted by molar-refractivity contribution is -0.133. The molecule has 0 aliphatic heterocycles. The van der Waals surface area contributed by atoms with Gasteiger partial charge in [0.1, 0.15) is 11.6 Å². The summed E-state index contributed by atoms with van der Waals surface area (Å²) in [5.41, 5.74) is 0.285. The molecular formula is C10H10F2O2S. The van der Waals surface area contributed by atoms with Gasteiger partial charge in [0.25, 0.3) is 0 Å². The molecule has 1 N–H and O–H groups in total. The molecule has 0 radical (unpaired) electrons. The van der Waals surface area contributed by atoms with Crippen molar-refractivity contribution in [3.05, 3.63) is 35.4 Å². The largest absolute Gasteiger partial charge is 0.481 e. The Balaban J connectivity index is 2.43. The maximum atomic E-state index is 13.1. The SMILES string of the molecule is O=C(O)CSCCc1cc(F)ccc1F. The van der Waals surface area contributed by atoms with Gasteiger partial charge in [-0.25, -0.2) is 8.78 Å². The highest BCUT2D eigenvalue weighted by molar-refractivity contribution is 7.99. The van der Waals surface area contributed by atoms with E-state index in [0.717, 1.165) is 18.2 Å². The Morgan fingerprint density at radius 2 is 2.13 bits per heavy atom. The number of carbonyl (C=O) groups is 1. The predicted molar refractivity (Wildman–Crippen MR) is 55.0 cm³/mol. The van der Waals surface area contributed by atoms with Crippen molar-refractivity contribution in [1.82, 2.24) is 0 Å². The van der Waals surface area contributed by atoms with E-state index in [9.17, 15) is 13.6 Å². The van der Waals surface area contributed by atoms with Crippen LogP contribution >= 0.6 is 11.8 Å². The average Bonchev–Trinajstić information content (AvgIpc) is 2.17. The minimum Gasteiger partial charge on any atom is -0.481 e. The molecule has 1 aromatic carbocycles. The minimum atomic E-state index is -0.903. The summed E-state index contributed by atoms with van der Waals surface area (Å²) in [5.74, 6) is -1.38. The van der Waals surface area contributed by atoms with Crippen LogP contribution in [0.1, 0.15) is 5.56 Å². The van der Waals surface area contributed by atoms with Crippen LogP contribution in [0.25, 0.3) is 0 Å². The van der Waals surface area contributed by atoms with E-state index in [-0.39, 0.29) is 11.3 Å². The van der Waals surface area contributed by atoms with Crippen LogP contribution in [0.4, 0.5) is 8.78 Å². The Kier molecular flexibility index (Phi) is 4.55. The topological polar surface area (TPSA) is 37.3 Å². The summed E-state index contributed by atoms with van der Waals surface area (Å²) >= 11 is 1.18. The van der Waals surface area contributed by atoms with Gasteiger partial charge < -0.3 is 5.11 Å². The van der Waals surface area contributed by atoms with Crippen molar-refractivity contribution in [3.8, 4) is 0 Å². The second-order valence-electron chi connectivity index (χ2n) is 2.93. The Morgan fingerprint density at radius 1 is 1.40 bits per heavy atom. The first-order chi connectivity index (χ1) is 7.09. The number of thioether (sulfide) groups is 1. The summed E-state index contributed by atoms with van der Waals surface area (Å²) in [5, 5.41) is 8.35. The summed E-state index contributed by atoms with van der Waals surface area (Å²) in [7, 11) is 0. The van der Waals surface area contributed by atoms with Gasteiger partial charge >= 0.3 is 5.97 Å². The van der Waals surface area contributed by atoms with E-state index in [2.05, 4.69) is 0 Å². The first-order valence-corrected chi connectivity index (χ1v) is 5.48. The smallest absolute Gasteiger partial charge is 0.313 e. The third-order valence-corrected chi connectivity index (χ3v) is 2.69. The van der Waals surface area contributed by atoms with Gasteiger partial charge in [-0.2, -0.15) is 0 Å². The van der Waals surface area contributed by atoms with E-state index in [4.69, 9.17) is 5.11 Å². The highest BCUT2D eigenvalue weighted by atomic mass is 32.2. The number of aliphatic carboxylic acids is 1. The van der Waals surface area contributed by atoms with E-state index in [0.29, 0.717) is 12.2 Å². The summed E-state index contributed by atoms with van der Waals surface area (Å²) in [6.45, 7) is 0. The highest BCUT2D eigenvalue weighted by Gasteiger charge is 2.04. The van der Waals surface area contributed by atoms with Crippen LogP contribution in [0.15, 0.2) is 18.2 Å². The van der Waals surface area contributed by atoms with Crippen LogP contribution in [0.3, 0.4) is 0 Å². The van der Waals surface area contributed by atoms with Crippen LogP contribution in [0, 0.1) is 11.6 Å². The molecule has 2 nitrogen and oxygen atoms in total. The molecule has 15 heavy (non-hydrogen) atoms. The maximum Gasteiger partial charge on any atom is 0.313 e. The molecule has 0 fully saturated rings. The monoisotopic (exact) mass is 232 g/mol. The fraction of sp³-hybridized carbons (Fsp3) is 0.300. The molecule has 0 bridgehead atoms. The van der Waals surface area contributed by atoms with Crippen LogP contribution in [0.5, 0.6) is 0 Å². The summed E-state index contributed by atoms with van der Waals surface area (Å²) in [6.07, 6.45) is 0.335. The van der Waals surface area contributed by atoms with Crippen molar-refractivity contribution in [2.24, 2.45) is 0 Å². The molecule has 0 amide bonds. The minimum absolute atomic E-state index is 0.0169. The Hall–Kier alpha value is -1.10. The van der Waals surface area contributed by atoms with Crippen molar-refractivity contribution in [2.75, 3.05) is 11.5 Å². The zero-order valence-corrected chi connectivity index (χ0v) is 8.69. The average molecular weight is 232 g/mol. The molecule has 0 atom stereocenters. The predicted octanol–water partition coefficient (Wildman–Crippen LogP) is 2.33. The number of carboxylic acids is 1. The molecule has 82 valence electrons. The van der Waals surface area contributed by atoms with E-state index in [1.165, 1.54) is 11.8 Å². The van der Waals surface area contributed by atoms with Gasteiger partial charge in [0.05, 0.1) is 5.75 Å². The molecule has 1 rings (SSSR count). The molecule has 0 saturated carbocycles. The van der Waals surface area contributed by atoms with Crippen molar-refractivity contribution < 1.29 is 18.7 Å². The number of hydrogen-bond acceptors (Lipinski definition) is 2. The number of hydrogen-bond donors (Lipinski definition) is 1. The van der Waals surface area contributed by atoms with Crippen molar-refractivity contribution >= 4 is 17.7 Å². The van der Waals surface area contributed by atoms with E-state index in [1.807, 2.05) is 0 Å². The number of carboxylic acid groups (broad SMARTS) is 1. The zero-order chi connectivity index (χ0) is 11.3. The first-order valence-electron chi connectivity index (χ1n) is 4.33. The molecule has 0 spiro atoms. The lowest BCUT2D eigenvalue weighted by Crippen LogP contribution is -2.01. The maximum absolute atomic E-state index is 13.1. The van der Waals surface area contributed by atoms with Gasteiger partial charge in [0.2, 0.25) is 0 Å². The highest BCUT2D eigenvalue weighted by Crippen LogP contribution is 2.12. The lowest BCUT2D eigenvalue weighted by Gasteiger charge is -2.02. The quantitative estimate of drug-likeness (QED) is 0.792. The molecule has 0 aliphatic rings. The third-order valence-electron chi connectivity index (χ3n) is 1.75. The van der Waals surface area contributed by atoms with Crippen LogP contribution in [-0.2, 0) is 11.2 Å². The van der Waals surface area contributed by atoms with Crippen molar-refractivity contribution in [3.63, 3.8) is 0 Å². The van der Waals surface area contributed by atoms with Gasteiger partial charge in [-0.1, -0.05) is 0 Å². The normalized spacial score (nSPS) is 10.3. The second kappa shape index (κ2) is 5.70. The third kappa shape index (κ3) is 4.29. The van der Waals surface area contributed by atoms with Crippen LogP contribution < -0.4 is 0 Å². The standard InChI is InChI=1S/C10H10F2O2S/c11-8-1-2-9(12)7(5-8)3-4-15-6-10(13)14/h1-2,5H,3-4,6H2,(H,13,14). The van der Waals surface area contributed by atoms with Crippen molar-refractivity contribution in [1.29, 1.82) is 0 Å². The fourth-order valence-corrected chi connectivity index (χ4v) is 1.76. The Labute approximate surface area is 90.3 Å². The number of rotatable bonds is 5. The number of benzene rings is 1. The van der Waals surface area contributed by atoms with Crippen LogP contribution in [0.2, 0.25) is 0 Å². The molecule has 0 unspecified atom stereocenters. The molecular weight excluding hydrogens is 222 g/mol. The lowest BCUT2D eigenvalue weighted by atomic mass is 10.1. The second-order valence-corrected chi connectivity index (χ2v) is 4.04. The molecule has 0 heterocycles. The Morgan fingerprint density at radius 3 is 2.80 bits per heavy atom. The summed E-state index contributed by atoms with van der Waals surface area (Å²) < 4.78 is 25.8.